The molecule has 3 nitrogen and oxygen atoms in total. The van der Waals surface area contributed by atoms with Crippen LogP contribution in [0.2, 0.25) is 0 Å². The van der Waals surface area contributed by atoms with E-state index >= 15 is 0 Å². The largest absolute Gasteiger partial charge is 0.494 e. The molecule has 4 heteroatoms. The highest BCUT2D eigenvalue weighted by Gasteiger charge is 2.53. The van der Waals surface area contributed by atoms with Crippen LogP contribution in [0.4, 0.5) is 0 Å². The molecule has 2 heterocycles. The van der Waals surface area contributed by atoms with Gasteiger partial charge in [0.2, 0.25) is 0 Å². The molecular weight excluding hydrogens is 503 g/mol. The molecule has 1 aliphatic heterocycles. The van der Waals surface area contributed by atoms with Gasteiger partial charge < -0.3 is 13.7 Å². The highest BCUT2D eigenvalue weighted by Crippen LogP contribution is 2.63. The lowest BCUT2D eigenvalue weighted by molar-refractivity contribution is 0.00578. The van der Waals surface area contributed by atoms with Crippen LogP contribution in [0.1, 0.15) is 49.9 Å². The first-order valence-corrected chi connectivity index (χ1v) is 14.5. The third-order valence-electron chi connectivity index (χ3n) is 10.1. The van der Waals surface area contributed by atoms with E-state index in [9.17, 15) is 0 Å². The molecule has 0 saturated carbocycles. The van der Waals surface area contributed by atoms with Gasteiger partial charge in [0.1, 0.15) is 11.2 Å². The monoisotopic (exact) mass is 532 g/mol. The Hall–Kier alpha value is -4.12. The van der Waals surface area contributed by atoms with E-state index in [1.165, 1.54) is 44.5 Å². The molecule has 9 rings (SSSR count). The fraction of sp³-hybridized carbons (Fsp3) is 0.189. The number of furan rings is 1. The fourth-order valence-corrected chi connectivity index (χ4v) is 7.55. The molecule has 6 aromatic rings. The second-order valence-corrected chi connectivity index (χ2v) is 12.7. The maximum atomic E-state index is 6.75. The minimum Gasteiger partial charge on any atom is -0.455 e. The summed E-state index contributed by atoms with van der Waals surface area (Å²) in [6, 6.07) is 37.6. The normalized spacial score (nSPS) is 18.6. The molecular formula is C37H29BO3. The number of fused-ring (bicyclic) bond motifs is 14. The predicted molar refractivity (Wildman–Crippen MR) is 166 cm³/mol. The minimum absolute atomic E-state index is 0.375. The number of benzene rings is 5. The molecule has 2 aliphatic carbocycles. The maximum Gasteiger partial charge on any atom is 0.494 e. The molecule has 198 valence electrons. The quantitative estimate of drug-likeness (QED) is 0.200. The SMILES string of the molecule is CC1(C)OB(c2ccc3oc4c5c(ccc4c3c2)C2(c3ccccc3-c3ccccc32)c2ccccc2-5)OC1(C)C. The van der Waals surface area contributed by atoms with Crippen LogP contribution in [-0.4, -0.2) is 18.3 Å². The van der Waals surface area contributed by atoms with E-state index < -0.39 is 18.3 Å². The Morgan fingerprint density at radius 1 is 0.537 bits per heavy atom. The van der Waals surface area contributed by atoms with Gasteiger partial charge in [-0.1, -0.05) is 97.1 Å². The number of rotatable bonds is 1. The van der Waals surface area contributed by atoms with E-state index in [2.05, 4.69) is 131 Å². The van der Waals surface area contributed by atoms with Crippen molar-refractivity contribution in [3.05, 3.63) is 125 Å². The second kappa shape index (κ2) is 7.58. The van der Waals surface area contributed by atoms with Crippen LogP contribution in [0, 0.1) is 0 Å². The first-order chi connectivity index (χ1) is 19.8. The molecule has 0 bridgehead atoms. The summed E-state index contributed by atoms with van der Waals surface area (Å²) in [6.45, 7) is 8.37. The van der Waals surface area contributed by atoms with Crippen LogP contribution >= 0.6 is 0 Å². The molecule has 0 radical (unpaired) electrons. The summed E-state index contributed by atoms with van der Waals surface area (Å²) in [5.74, 6) is 0. The molecule has 1 fully saturated rings. The van der Waals surface area contributed by atoms with Crippen LogP contribution in [0.25, 0.3) is 44.2 Å². The van der Waals surface area contributed by atoms with Crippen LogP contribution in [-0.2, 0) is 14.7 Å². The van der Waals surface area contributed by atoms with Crippen LogP contribution < -0.4 is 5.46 Å². The number of hydrogen-bond donors (Lipinski definition) is 0. The molecule has 0 unspecified atom stereocenters. The van der Waals surface area contributed by atoms with Crippen molar-refractivity contribution >= 4 is 34.5 Å². The van der Waals surface area contributed by atoms with E-state index in [1.807, 2.05) is 0 Å². The standard InChI is InChI=1S/C37H29BO3/c1-35(2)36(3,4)41-38(40-35)22-17-20-32-27(21-22)25-18-19-31-33(34(25)39-32)26-13-7-10-16-30(26)37(31)28-14-8-5-11-23(28)24-12-6-9-15-29(24)37/h5-21H,1-4H3. The van der Waals surface area contributed by atoms with Crippen LogP contribution in [0.15, 0.2) is 108 Å². The van der Waals surface area contributed by atoms with Gasteiger partial charge >= 0.3 is 7.12 Å². The average molecular weight is 532 g/mol. The molecule has 1 spiro atoms. The van der Waals surface area contributed by atoms with Crippen molar-refractivity contribution in [1.82, 2.24) is 0 Å². The predicted octanol–water partition coefficient (Wildman–Crippen LogP) is 8.23. The van der Waals surface area contributed by atoms with Crippen LogP contribution in [0.5, 0.6) is 0 Å². The Bertz CT molecular complexity index is 2020. The maximum absolute atomic E-state index is 6.75. The summed E-state index contributed by atoms with van der Waals surface area (Å²) >= 11 is 0. The minimum atomic E-state index is -0.417. The van der Waals surface area contributed by atoms with Crippen molar-refractivity contribution in [2.75, 3.05) is 0 Å². The smallest absolute Gasteiger partial charge is 0.455 e. The van der Waals surface area contributed by atoms with E-state index in [1.54, 1.807) is 0 Å². The second-order valence-electron chi connectivity index (χ2n) is 12.7. The lowest BCUT2D eigenvalue weighted by Gasteiger charge is -2.32. The Kier molecular flexibility index (Phi) is 4.36. The van der Waals surface area contributed by atoms with Gasteiger partial charge in [-0.15, -0.1) is 0 Å². The van der Waals surface area contributed by atoms with Crippen molar-refractivity contribution in [3.63, 3.8) is 0 Å². The first-order valence-electron chi connectivity index (χ1n) is 14.5. The highest BCUT2D eigenvalue weighted by molar-refractivity contribution is 6.62. The molecule has 1 aromatic heterocycles. The average Bonchev–Trinajstić information content (AvgIpc) is 3.65. The third kappa shape index (κ3) is 2.77. The van der Waals surface area contributed by atoms with Gasteiger partial charge in [0.15, 0.2) is 0 Å². The lowest BCUT2D eigenvalue weighted by atomic mass is 9.70. The summed E-state index contributed by atoms with van der Waals surface area (Å²) in [7, 11) is -0.417. The van der Waals surface area contributed by atoms with Gasteiger partial charge in [0.25, 0.3) is 0 Å². The van der Waals surface area contributed by atoms with E-state index in [-0.39, 0.29) is 5.41 Å². The van der Waals surface area contributed by atoms with E-state index in [0.717, 1.165) is 27.4 Å². The Labute approximate surface area is 239 Å². The van der Waals surface area contributed by atoms with Crippen molar-refractivity contribution in [2.24, 2.45) is 0 Å². The van der Waals surface area contributed by atoms with Gasteiger partial charge in [0, 0.05) is 16.3 Å². The molecule has 5 aromatic carbocycles. The van der Waals surface area contributed by atoms with Crippen molar-refractivity contribution in [1.29, 1.82) is 0 Å². The molecule has 0 amide bonds. The molecule has 41 heavy (non-hydrogen) atoms. The van der Waals surface area contributed by atoms with Crippen molar-refractivity contribution in [3.8, 4) is 22.3 Å². The number of hydrogen-bond acceptors (Lipinski definition) is 3. The fourth-order valence-electron chi connectivity index (χ4n) is 7.55. The van der Waals surface area contributed by atoms with Gasteiger partial charge in [-0.3, -0.25) is 0 Å². The topological polar surface area (TPSA) is 31.6 Å². The van der Waals surface area contributed by atoms with Gasteiger partial charge in [-0.25, -0.2) is 0 Å². The van der Waals surface area contributed by atoms with Crippen LogP contribution in [0.3, 0.4) is 0 Å². The highest BCUT2D eigenvalue weighted by atomic mass is 16.7. The van der Waals surface area contributed by atoms with Crippen molar-refractivity contribution in [2.45, 2.75) is 44.3 Å². The Balaban J connectivity index is 1.32. The summed E-state index contributed by atoms with van der Waals surface area (Å²) in [5.41, 5.74) is 12.0. The summed E-state index contributed by atoms with van der Waals surface area (Å²) in [5, 5.41) is 2.20. The van der Waals surface area contributed by atoms with Crippen molar-refractivity contribution < 1.29 is 13.7 Å². The molecule has 0 N–H and O–H groups in total. The van der Waals surface area contributed by atoms with E-state index in [4.69, 9.17) is 13.7 Å². The summed E-state index contributed by atoms with van der Waals surface area (Å²) < 4.78 is 19.5. The molecule has 1 saturated heterocycles. The Morgan fingerprint density at radius 3 is 1.73 bits per heavy atom. The summed E-state index contributed by atoms with van der Waals surface area (Å²) in [6.07, 6.45) is 0. The van der Waals surface area contributed by atoms with E-state index in [0.29, 0.717) is 0 Å². The summed E-state index contributed by atoms with van der Waals surface area (Å²) in [4.78, 5) is 0. The lowest BCUT2D eigenvalue weighted by Crippen LogP contribution is -2.41. The van der Waals surface area contributed by atoms with Gasteiger partial charge in [0.05, 0.1) is 16.6 Å². The Morgan fingerprint density at radius 2 is 1.10 bits per heavy atom. The molecule has 3 aliphatic rings. The first kappa shape index (κ1) is 23.6. The van der Waals surface area contributed by atoms with Gasteiger partial charge in [-0.2, -0.15) is 0 Å². The molecule has 0 atom stereocenters. The zero-order chi connectivity index (χ0) is 27.7. The zero-order valence-corrected chi connectivity index (χ0v) is 23.6. The van der Waals surface area contributed by atoms with Gasteiger partial charge in [-0.05, 0) is 78.2 Å². The zero-order valence-electron chi connectivity index (χ0n) is 23.6. The third-order valence-corrected chi connectivity index (χ3v) is 10.1.